The van der Waals surface area contributed by atoms with Crippen LogP contribution in [-0.2, 0) is 11.2 Å². The van der Waals surface area contributed by atoms with Gasteiger partial charge in [-0.15, -0.1) is 0 Å². The van der Waals surface area contributed by atoms with E-state index in [1.54, 1.807) is 30.0 Å². The van der Waals surface area contributed by atoms with E-state index in [1.165, 1.54) is 6.07 Å². The summed E-state index contributed by atoms with van der Waals surface area (Å²) in [5.74, 6) is 0.627. The van der Waals surface area contributed by atoms with Crippen molar-refractivity contribution in [1.82, 2.24) is 0 Å². The summed E-state index contributed by atoms with van der Waals surface area (Å²) >= 11 is 1.63. The fourth-order valence-corrected chi connectivity index (χ4v) is 1.59. The van der Waals surface area contributed by atoms with Gasteiger partial charge in [0, 0.05) is 12.8 Å². The Hall–Kier alpha value is -0.830. The molecule has 1 rings (SSSR count). The predicted octanol–water partition coefficient (Wildman–Crippen LogP) is 2.69. The highest BCUT2D eigenvalue weighted by molar-refractivity contribution is 7.98. The maximum absolute atomic E-state index is 13.1. The van der Waals surface area contributed by atoms with Gasteiger partial charge in [-0.25, -0.2) is 4.39 Å². The van der Waals surface area contributed by atoms with Crippen molar-refractivity contribution < 1.29 is 9.18 Å². The van der Waals surface area contributed by atoms with Gasteiger partial charge in [-0.1, -0.05) is 18.2 Å². The average molecular weight is 212 g/mol. The summed E-state index contributed by atoms with van der Waals surface area (Å²) in [6.45, 7) is 0. The third kappa shape index (κ3) is 3.50. The Morgan fingerprint density at radius 3 is 2.79 bits per heavy atom. The van der Waals surface area contributed by atoms with Crippen molar-refractivity contribution in [3.05, 3.63) is 35.6 Å². The molecule has 0 saturated heterocycles. The molecule has 1 aromatic carbocycles. The van der Waals surface area contributed by atoms with Crippen LogP contribution in [0.3, 0.4) is 0 Å². The smallest absolute Gasteiger partial charge is 0.138 e. The molecular weight excluding hydrogens is 199 g/mol. The van der Waals surface area contributed by atoms with E-state index in [4.69, 9.17) is 0 Å². The van der Waals surface area contributed by atoms with E-state index in [9.17, 15) is 9.18 Å². The second-order valence-corrected chi connectivity index (χ2v) is 4.04. The fraction of sp³-hybridized carbons (Fsp3) is 0.364. The Morgan fingerprint density at radius 2 is 2.14 bits per heavy atom. The second-order valence-electron chi connectivity index (χ2n) is 3.05. The first-order chi connectivity index (χ1) is 6.74. The Morgan fingerprint density at radius 1 is 1.43 bits per heavy atom. The van der Waals surface area contributed by atoms with Crippen LogP contribution in [0.1, 0.15) is 12.0 Å². The van der Waals surface area contributed by atoms with Crippen LogP contribution in [0.4, 0.5) is 4.39 Å². The molecule has 76 valence electrons. The highest BCUT2D eigenvalue weighted by Crippen LogP contribution is 2.09. The predicted molar refractivity (Wildman–Crippen MR) is 58.1 cm³/mol. The molecule has 14 heavy (non-hydrogen) atoms. The Balaban J connectivity index is 2.52. The summed E-state index contributed by atoms with van der Waals surface area (Å²) in [7, 11) is 0. The topological polar surface area (TPSA) is 17.1 Å². The van der Waals surface area contributed by atoms with Gasteiger partial charge < -0.3 is 0 Å². The normalized spacial score (nSPS) is 10.1. The summed E-state index contributed by atoms with van der Waals surface area (Å²) in [5.41, 5.74) is 0.499. The minimum Gasteiger partial charge on any atom is -0.299 e. The summed E-state index contributed by atoms with van der Waals surface area (Å²) in [6, 6.07) is 6.43. The van der Waals surface area contributed by atoms with Gasteiger partial charge in [-0.05, 0) is 23.6 Å². The van der Waals surface area contributed by atoms with Crippen LogP contribution in [0.2, 0.25) is 0 Å². The van der Waals surface area contributed by atoms with Gasteiger partial charge in [-0.2, -0.15) is 11.8 Å². The Kier molecular flexibility index (Phi) is 4.66. The van der Waals surface area contributed by atoms with Gasteiger partial charge in [0.1, 0.15) is 11.6 Å². The van der Waals surface area contributed by atoms with Crippen molar-refractivity contribution in [2.45, 2.75) is 12.8 Å². The number of hydrogen-bond acceptors (Lipinski definition) is 2. The zero-order valence-corrected chi connectivity index (χ0v) is 8.94. The molecule has 0 aliphatic rings. The van der Waals surface area contributed by atoms with Crippen LogP contribution < -0.4 is 0 Å². The first-order valence-corrected chi connectivity index (χ1v) is 5.87. The van der Waals surface area contributed by atoms with Gasteiger partial charge in [0.25, 0.3) is 0 Å². The maximum Gasteiger partial charge on any atom is 0.138 e. The van der Waals surface area contributed by atoms with Crippen molar-refractivity contribution in [3.8, 4) is 0 Å². The molecule has 0 unspecified atom stereocenters. The monoisotopic (exact) mass is 212 g/mol. The fourth-order valence-electron chi connectivity index (χ4n) is 1.16. The van der Waals surface area contributed by atoms with Gasteiger partial charge in [0.15, 0.2) is 0 Å². The second kappa shape index (κ2) is 5.81. The molecule has 0 N–H and O–H groups in total. The first-order valence-electron chi connectivity index (χ1n) is 4.48. The van der Waals surface area contributed by atoms with E-state index in [-0.39, 0.29) is 18.0 Å². The van der Waals surface area contributed by atoms with E-state index >= 15 is 0 Å². The quantitative estimate of drug-likeness (QED) is 0.746. The lowest BCUT2D eigenvalue weighted by molar-refractivity contribution is -0.118. The molecule has 0 aliphatic carbocycles. The van der Waals surface area contributed by atoms with E-state index in [2.05, 4.69) is 0 Å². The molecule has 1 nitrogen and oxygen atoms in total. The third-order valence-electron chi connectivity index (χ3n) is 1.93. The van der Waals surface area contributed by atoms with Crippen LogP contribution in [0, 0.1) is 5.82 Å². The molecule has 0 atom stereocenters. The minimum atomic E-state index is -0.287. The number of carbonyl (C=O) groups excluding carboxylic acids is 1. The van der Waals surface area contributed by atoms with Crippen LogP contribution in [0.25, 0.3) is 0 Å². The largest absolute Gasteiger partial charge is 0.299 e. The van der Waals surface area contributed by atoms with Crippen molar-refractivity contribution in [3.63, 3.8) is 0 Å². The van der Waals surface area contributed by atoms with Gasteiger partial charge in [0.05, 0.1) is 0 Å². The lowest BCUT2D eigenvalue weighted by Gasteiger charge is -2.01. The molecule has 0 heterocycles. The Bertz CT molecular complexity index is 312. The van der Waals surface area contributed by atoms with E-state index < -0.39 is 0 Å². The SMILES string of the molecule is CSCCC(=O)Cc1ccccc1F. The van der Waals surface area contributed by atoms with E-state index in [0.29, 0.717) is 12.0 Å². The van der Waals surface area contributed by atoms with Gasteiger partial charge in [0.2, 0.25) is 0 Å². The van der Waals surface area contributed by atoms with E-state index in [0.717, 1.165) is 5.75 Å². The number of ketones is 1. The number of benzene rings is 1. The summed E-state index contributed by atoms with van der Waals surface area (Å²) in [5, 5.41) is 0. The number of Topliss-reactive ketones (excluding diaryl/α,β-unsaturated/α-hetero) is 1. The Labute approximate surface area is 87.7 Å². The molecule has 0 saturated carbocycles. The molecule has 0 aromatic heterocycles. The summed E-state index contributed by atoms with van der Waals surface area (Å²) < 4.78 is 13.1. The average Bonchev–Trinajstić information content (AvgIpc) is 2.18. The van der Waals surface area contributed by atoms with Gasteiger partial charge in [-0.3, -0.25) is 4.79 Å². The standard InChI is InChI=1S/C11H13FOS/c1-14-7-6-10(13)8-9-4-2-3-5-11(9)12/h2-5H,6-8H2,1H3. The lowest BCUT2D eigenvalue weighted by Crippen LogP contribution is -2.05. The van der Waals surface area contributed by atoms with Crippen LogP contribution in [-0.4, -0.2) is 17.8 Å². The summed E-state index contributed by atoms with van der Waals surface area (Å²) in [6.07, 6.45) is 2.69. The third-order valence-corrected chi connectivity index (χ3v) is 2.54. The zero-order valence-electron chi connectivity index (χ0n) is 8.13. The molecule has 0 bridgehead atoms. The number of hydrogen-bond donors (Lipinski definition) is 0. The summed E-state index contributed by atoms with van der Waals surface area (Å²) in [4.78, 5) is 11.3. The lowest BCUT2D eigenvalue weighted by atomic mass is 10.1. The molecule has 0 amide bonds. The first kappa shape index (κ1) is 11.2. The highest BCUT2D eigenvalue weighted by atomic mass is 32.2. The minimum absolute atomic E-state index is 0.101. The van der Waals surface area contributed by atoms with E-state index in [1.807, 2.05) is 6.26 Å². The maximum atomic E-state index is 13.1. The van der Waals surface area contributed by atoms with Crippen molar-refractivity contribution in [2.24, 2.45) is 0 Å². The number of rotatable bonds is 5. The number of thioether (sulfide) groups is 1. The van der Waals surface area contributed by atoms with Crippen molar-refractivity contribution in [1.29, 1.82) is 0 Å². The van der Waals surface area contributed by atoms with Crippen LogP contribution in [0.15, 0.2) is 24.3 Å². The molecule has 0 spiro atoms. The highest BCUT2D eigenvalue weighted by Gasteiger charge is 2.06. The van der Waals surface area contributed by atoms with Crippen LogP contribution >= 0.6 is 11.8 Å². The molecule has 0 aliphatic heterocycles. The van der Waals surface area contributed by atoms with Crippen molar-refractivity contribution >= 4 is 17.5 Å². The van der Waals surface area contributed by atoms with Crippen LogP contribution in [0.5, 0.6) is 0 Å². The number of halogens is 1. The zero-order chi connectivity index (χ0) is 10.4. The van der Waals surface area contributed by atoms with Crippen molar-refractivity contribution in [2.75, 3.05) is 12.0 Å². The molecule has 1 aromatic rings. The molecular formula is C11H13FOS. The molecule has 0 fully saturated rings. The van der Waals surface area contributed by atoms with Gasteiger partial charge >= 0.3 is 0 Å². The molecule has 0 radical (unpaired) electrons. The number of carbonyl (C=O) groups is 1. The molecule has 3 heteroatoms.